The second-order valence-corrected chi connectivity index (χ2v) is 4.23. The first-order valence-corrected chi connectivity index (χ1v) is 5.89. The number of nitrogens with two attached hydrogens (primary N) is 1. The third-order valence-corrected chi connectivity index (χ3v) is 3.09. The Hall–Kier alpha value is -2.20. The summed E-state index contributed by atoms with van der Waals surface area (Å²) in [5.74, 6) is 0.825. The summed E-state index contributed by atoms with van der Waals surface area (Å²) in [7, 11) is 0. The van der Waals surface area contributed by atoms with E-state index in [1.807, 2.05) is 54.2 Å². The zero-order chi connectivity index (χ0) is 12.5. The largest absolute Gasteiger partial charge is 0.326 e. The molecular formula is C14H14N4. The first kappa shape index (κ1) is 10.9. The predicted molar refractivity (Wildman–Crippen MR) is 71.5 cm³/mol. The summed E-state index contributed by atoms with van der Waals surface area (Å²) in [6, 6.07) is 12.0. The van der Waals surface area contributed by atoms with Crippen molar-refractivity contribution in [2.75, 3.05) is 0 Å². The molecule has 0 fully saturated rings. The molecule has 0 saturated heterocycles. The first-order valence-electron chi connectivity index (χ1n) is 5.89. The Labute approximate surface area is 105 Å². The van der Waals surface area contributed by atoms with E-state index in [1.165, 1.54) is 0 Å². The number of hydrogen-bond donors (Lipinski definition) is 1. The molecule has 0 atom stereocenters. The number of hydrogen-bond acceptors (Lipinski definition) is 3. The summed E-state index contributed by atoms with van der Waals surface area (Å²) < 4.78 is 1.85. The summed E-state index contributed by atoms with van der Waals surface area (Å²) in [6.07, 6.45) is 1.85. The maximum absolute atomic E-state index is 5.65. The molecule has 3 rings (SSSR count). The summed E-state index contributed by atoms with van der Waals surface area (Å²) in [6.45, 7) is 2.48. The standard InChI is InChI=1S/C14H14N4/c1-10-11(8-15)6-7-14(17-10)18-13-5-3-2-4-12(13)9-16-18/h2-7,9H,8,15H2,1H3. The Bertz CT molecular complexity index is 700. The van der Waals surface area contributed by atoms with Gasteiger partial charge in [-0.15, -0.1) is 0 Å². The molecular weight excluding hydrogens is 224 g/mol. The van der Waals surface area contributed by atoms with E-state index in [4.69, 9.17) is 5.73 Å². The monoisotopic (exact) mass is 238 g/mol. The van der Waals surface area contributed by atoms with Gasteiger partial charge in [0.05, 0.1) is 11.7 Å². The molecule has 90 valence electrons. The number of aryl methyl sites for hydroxylation is 1. The van der Waals surface area contributed by atoms with Gasteiger partial charge >= 0.3 is 0 Å². The third kappa shape index (κ3) is 1.67. The number of nitrogens with zero attached hydrogens (tertiary/aromatic N) is 3. The average Bonchev–Trinajstić information content (AvgIpc) is 2.82. The molecule has 0 aliphatic carbocycles. The van der Waals surface area contributed by atoms with Gasteiger partial charge in [0.2, 0.25) is 0 Å². The van der Waals surface area contributed by atoms with Crippen LogP contribution in [0, 0.1) is 6.92 Å². The third-order valence-electron chi connectivity index (χ3n) is 3.09. The molecule has 3 aromatic rings. The van der Waals surface area contributed by atoms with E-state index in [2.05, 4.69) is 10.1 Å². The van der Waals surface area contributed by atoms with E-state index in [9.17, 15) is 0 Å². The van der Waals surface area contributed by atoms with Gasteiger partial charge in [0.1, 0.15) is 0 Å². The molecule has 0 amide bonds. The zero-order valence-electron chi connectivity index (χ0n) is 10.2. The van der Waals surface area contributed by atoms with E-state index >= 15 is 0 Å². The number of aromatic nitrogens is 3. The van der Waals surface area contributed by atoms with Crippen molar-refractivity contribution in [2.24, 2.45) is 5.73 Å². The van der Waals surface area contributed by atoms with Crippen molar-refractivity contribution in [2.45, 2.75) is 13.5 Å². The molecule has 0 spiro atoms. The number of para-hydroxylation sites is 1. The Balaban J connectivity index is 2.17. The van der Waals surface area contributed by atoms with Gasteiger partial charge in [0.25, 0.3) is 0 Å². The SMILES string of the molecule is Cc1nc(-n2ncc3ccccc32)ccc1CN. The summed E-state index contributed by atoms with van der Waals surface area (Å²) >= 11 is 0. The van der Waals surface area contributed by atoms with Crippen LogP contribution in [0.15, 0.2) is 42.6 Å². The average molecular weight is 238 g/mol. The lowest BCUT2D eigenvalue weighted by molar-refractivity contribution is 0.858. The topological polar surface area (TPSA) is 56.7 Å². The minimum Gasteiger partial charge on any atom is -0.326 e. The quantitative estimate of drug-likeness (QED) is 0.744. The van der Waals surface area contributed by atoms with E-state index < -0.39 is 0 Å². The van der Waals surface area contributed by atoms with Crippen LogP contribution in [0.5, 0.6) is 0 Å². The molecule has 4 nitrogen and oxygen atoms in total. The van der Waals surface area contributed by atoms with Gasteiger partial charge in [-0.1, -0.05) is 24.3 Å². The molecule has 2 aromatic heterocycles. The van der Waals surface area contributed by atoms with Gasteiger partial charge in [-0.25, -0.2) is 9.67 Å². The molecule has 4 heteroatoms. The summed E-state index contributed by atoms with van der Waals surface area (Å²) in [5.41, 5.74) is 8.73. The molecule has 18 heavy (non-hydrogen) atoms. The van der Waals surface area contributed by atoms with Gasteiger partial charge in [-0.2, -0.15) is 5.10 Å². The van der Waals surface area contributed by atoms with Crippen LogP contribution in [-0.2, 0) is 6.54 Å². The maximum Gasteiger partial charge on any atom is 0.154 e. The predicted octanol–water partition coefficient (Wildman–Crippen LogP) is 2.19. The van der Waals surface area contributed by atoms with Crippen molar-refractivity contribution < 1.29 is 0 Å². The highest BCUT2D eigenvalue weighted by Gasteiger charge is 2.06. The lowest BCUT2D eigenvalue weighted by Gasteiger charge is -2.06. The fraction of sp³-hybridized carbons (Fsp3) is 0.143. The van der Waals surface area contributed by atoms with E-state index in [0.717, 1.165) is 28.0 Å². The van der Waals surface area contributed by atoms with Crippen LogP contribution in [0.25, 0.3) is 16.7 Å². The van der Waals surface area contributed by atoms with Crippen molar-refractivity contribution in [3.63, 3.8) is 0 Å². The Morgan fingerprint density at radius 2 is 2.00 bits per heavy atom. The molecule has 0 saturated carbocycles. The highest BCUT2D eigenvalue weighted by Crippen LogP contribution is 2.17. The second-order valence-electron chi connectivity index (χ2n) is 4.23. The molecule has 1 aromatic carbocycles. The molecule has 0 unspecified atom stereocenters. The fourth-order valence-electron chi connectivity index (χ4n) is 2.06. The van der Waals surface area contributed by atoms with Crippen LogP contribution in [0.2, 0.25) is 0 Å². The summed E-state index contributed by atoms with van der Waals surface area (Å²) in [5, 5.41) is 5.50. The van der Waals surface area contributed by atoms with E-state index in [1.54, 1.807) is 0 Å². The van der Waals surface area contributed by atoms with Crippen LogP contribution in [0.1, 0.15) is 11.3 Å². The second kappa shape index (κ2) is 4.23. The van der Waals surface area contributed by atoms with Gasteiger partial charge in [-0.05, 0) is 24.6 Å². The molecule has 0 aliphatic rings. The van der Waals surface area contributed by atoms with Gasteiger partial charge in [0.15, 0.2) is 5.82 Å². The Morgan fingerprint density at radius 3 is 2.78 bits per heavy atom. The first-order chi connectivity index (χ1) is 8.79. The van der Waals surface area contributed by atoms with Crippen LogP contribution >= 0.6 is 0 Å². The van der Waals surface area contributed by atoms with Crippen LogP contribution in [-0.4, -0.2) is 14.8 Å². The molecule has 2 heterocycles. The lowest BCUT2D eigenvalue weighted by atomic mass is 10.2. The van der Waals surface area contributed by atoms with E-state index in [0.29, 0.717) is 6.54 Å². The zero-order valence-corrected chi connectivity index (χ0v) is 10.2. The lowest BCUT2D eigenvalue weighted by Crippen LogP contribution is -2.05. The highest BCUT2D eigenvalue weighted by atomic mass is 15.3. The van der Waals surface area contributed by atoms with Crippen molar-refractivity contribution in [1.29, 1.82) is 0 Å². The van der Waals surface area contributed by atoms with Gasteiger partial charge < -0.3 is 5.73 Å². The molecule has 0 aliphatic heterocycles. The Morgan fingerprint density at radius 1 is 1.17 bits per heavy atom. The fourth-order valence-corrected chi connectivity index (χ4v) is 2.06. The molecule has 2 N–H and O–H groups in total. The van der Waals surface area contributed by atoms with Crippen LogP contribution < -0.4 is 5.73 Å². The minimum atomic E-state index is 0.513. The van der Waals surface area contributed by atoms with Crippen LogP contribution in [0.4, 0.5) is 0 Å². The molecule has 0 radical (unpaired) electrons. The van der Waals surface area contributed by atoms with Gasteiger partial charge in [0, 0.05) is 17.6 Å². The number of pyridine rings is 1. The summed E-state index contributed by atoms with van der Waals surface area (Å²) in [4.78, 5) is 4.56. The number of fused-ring (bicyclic) bond motifs is 1. The maximum atomic E-state index is 5.65. The normalized spacial score (nSPS) is 11.0. The van der Waals surface area contributed by atoms with Crippen molar-refractivity contribution in [1.82, 2.24) is 14.8 Å². The van der Waals surface area contributed by atoms with Crippen molar-refractivity contribution in [3.05, 3.63) is 53.9 Å². The van der Waals surface area contributed by atoms with Crippen LogP contribution in [0.3, 0.4) is 0 Å². The van der Waals surface area contributed by atoms with Crippen molar-refractivity contribution >= 4 is 10.9 Å². The Kier molecular flexibility index (Phi) is 2.57. The number of benzene rings is 1. The highest BCUT2D eigenvalue weighted by molar-refractivity contribution is 5.79. The minimum absolute atomic E-state index is 0.513. The number of rotatable bonds is 2. The van der Waals surface area contributed by atoms with Gasteiger partial charge in [-0.3, -0.25) is 0 Å². The smallest absolute Gasteiger partial charge is 0.154 e. The molecule has 0 bridgehead atoms. The van der Waals surface area contributed by atoms with Crippen molar-refractivity contribution in [3.8, 4) is 5.82 Å². The van der Waals surface area contributed by atoms with E-state index in [-0.39, 0.29) is 0 Å².